The van der Waals surface area contributed by atoms with Gasteiger partial charge >= 0.3 is 0 Å². The van der Waals surface area contributed by atoms with E-state index in [0.29, 0.717) is 18.0 Å². The first kappa shape index (κ1) is 41.0. The molecule has 3 rings (SSSR count). The molecule has 0 unspecified atom stereocenters. The molecule has 0 saturated heterocycles. The van der Waals surface area contributed by atoms with E-state index in [1.807, 2.05) is 63.2 Å². The summed E-state index contributed by atoms with van der Waals surface area (Å²) in [7, 11) is -2.39. The smallest absolute Gasteiger partial charge is 0.251 e. The van der Waals surface area contributed by atoms with Gasteiger partial charge in [-0.1, -0.05) is 67.9 Å². The van der Waals surface area contributed by atoms with Crippen LogP contribution in [0.15, 0.2) is 72.8 Å². The van der Waals surface area contributed by atoms with Crippen LogP contribution in [0.2, 0.25) is 5.02 Å². The van der Waals surface area contributed by atoms with Crippen LogP contribution in [-0.2, 0) is 26.0 Å². The molecule has 0 aliphatic rings. The van der Waals surface area contributed by atoms with Crippen LogP contribution in [0.5, 0.6) is 0 Å². The molecule has 0 aromatic heterocycles. The average molecular weight is 741 g/mol. The number of carbonyl (C=O) groups excluding carboxylic acids is 4. The number of amides is 4. The third-order valence-corrected chi connectivity index (χ3v) is 9.80. The maximum absolute atomic E-state index is 13.9. The van der Waals surface area contributed by atoms with Crippen molar-refractivity contribution in [1.82, 2.24) is 26.6 Å². The highest BCUT2D eigenvalue weighted by molar-refractivity contribution is 7.92. The predicted octanol–water partition coefficient (Wildman–Crippen LogP) is 3.82. The van der Waals surface area contributed by atoms with Gasteiger partial charge in [0.2, 0.25) is 21.8 Å². The molecule has 3 aromatic carbocycles. The van der Waals surface area contributed by atoms with Crippen molar-refractivity contribution in [3.63, 3.8) is 0 Å². The van der Waals surface area contributed by atoms with Crippen LogP contribution in [0, 0.1) is 5.92 Å². The zero-order valence-corrected chi connectivity index (χ0v) is 31.7. The number of hydrogen-bond donors (Lipinski definition) is 5. The van der Waals surface area contributed by atoms with Gasteiger partial charge in [0.1, 0.15) is 6.04 Å². The van der Waals surface area contributed by atoms with Crippen LogP contribution < -0.4 is 30.9 Å². The van der Waals surface area contributed by atoms with Gasteiger partial charge < -0.3 is 26.6 Å². The van der Waals surface area contributed by atoms with E-state index in [0.717, 1.165) is 21.7 Å². The first-order chi connectivity index (χ1) is 24.0. The molecular weight excluding hydrogens is 692 g/mol. The van der Waals surface area contributed by atoms with Crippen molar-refractivity contribution < 1.29 is 27.6 Å². The van der Waals surface area contributed by atoms with Crippen LogP contribution >= 0.6 is 11.6 Å². The number of likely N-dealkylation sites (N-methyl/N-ethyl adjacent to an activating group) is 1. The highest BCUT2D eigenvalue weighted by Crippen LogP contribution is 2.22. The Morgan fingerprint density at radius 2 is 1.39 bits per heavy atom. The van der Waals surface area contributed by atoms with Gasteiger partial charge in [-0.2, -0.15) is 0 Å². The fraction of sp³-hybridized carbons (Fsp3) is 0.405. The number of sulfonamides is 1. The number of nitrogens with one attached hydrogen (secondary N) is 5. The molecule has 0 fully saturated rings. The molecule has 0 aliphatic carbocycles. The summed E-state index contributed by atoms with van der Waals surface area (Å²) in [4.78, 5) is 53.0. The summed E-state index contributed by atoms with van der Waals surface area (Å²) in [5.74, 6) is -1.84. The summed E-state index contributed by atoms with van der Waals surface area (Å²) in [6.07, 6.45) is 1.38. The number of hydrogen-bond acceptors (Lipinski definition) is 7. The van der Waals surface area contributed by atoms with Crippen LogP contribution in [0.1, 0.15) is 72.5 Å². The van der Waals surface area contributed by atoms with Gasteiger partial charge in [0.15, 0.2) is 0 Å². The van der Waals surface area contributed by atoms with Gasteiger partial charge in [0, 0.05) is 42.3 Å². The first-order valence-electron chi connectivity index (χ1n) is 16.8. The van der Waals surface area contributed by atoms with Crippen LogP contribution in [0.4, 0.5) is 5.69 Å². The predicted molar refractivity (Wildman–Crippen MR) is 201 cm³/mol. The van der Waals surface area contributed by atoms with Gasteiger partial charge in [0.25, 0.3) is 11.8 Å². The van der Waals surface area contributed by atoms with E-state index in [2.05, 4.69) is 26.6 Å². The molecule has 14 heteroatoms. The maximum Gasteiger partial charge on any atom is 0.251 e. The summed E-state index contributed by atoms with van der Waals surface area (Å²) < 4.78 is 26.0. The second kappa shape index (κ2) is 18.7. The number of halogens is 1. The summed E-state index contributed by atoms with van der Waals surface area (Å²) in [5, 5.41) is 15.2. The van der Waals surface area contributed by atoms with E-state index in [1.54, 1.807) is 26.0 Å². The van der Waals surface area contributed by atoms with Crippen LogP contribution in [0.3, 0.4) is 0 Å². The summed E-state index contributed by atoms with van der Waals surface area (Å²) in [6.45, 7) is 9.57. The molecule has 276 valence electrons. The quantitative estimate of drug-likeness (QED) is 0.140. The molecule has 0 bridgehead atoms. The Bertz CT molecular complexity index is 1770. The second-order valence-corrected chi connectivity index (χ2v) is 15.3. The molecule has 3 aromatic rings. The number of anilines is 1. The minimum absolute atomic E-state index is 0.0640. The zero-order valence-electron chi connectivity index (χ0n) is 30.1. The van der Waals surface area contributed by atoms with Gasteiger partial charge in [-0.15, -0.1) is 0 Å². The van der Waals surface area contributed by atoms with E-state index in [4.69, 9.17) is 11.6 Å². The van der Waals surface area contributed by atoms with Crippen LogP contribution in [-0.4, -0.2) is 76.6 Å². The number of carbonyl (C=O) groups is 4. The van der Waals surface area contributed by atoms with Gasteiger partial charge in [-0.3, -0.25) is 23.5 Å². The van der Waals surface area contributed by atoms with E-state index in [-0.39, 0.29) is 47.1 Å². The van der Waals surface area contributed by atoms with E-state index in [9.17, 15) is 27.6 Å². The maximum atomic E-state index is 13.9. The Labute approximate surface area is 306 Å². The zero-order chi connectivity index (χ0) is 37.9. The molecule has 12 nitrogen and oxygen atoms in total. The van der Waals surface area contributed by atoms with Crippen molar-refractivity contribution in [1.29, 1.82) is 0 Å². The van der Waals surface area contributed by atoms with E-state index < -0.39 is 40.0 Å². The molecule has 5 N–H and O–H groups in total. The molecule has 4 amide bonds. The Hall–Kier alpha value is -4.46. The highest BCUT2D eigenvalue weighted by atomic mass is 35.5. The standard InChI is InChI=1S/C37H49ClN6O6S/c1-8-39-37(48)33(23(2)3)43-34(45)25(5)40-22-31(18-26-14-16-30(38)17-15-26)42-36(47)29-19-28(20-32(21-29)44(6)51(7,49)50)35(46)41-24(4)27-12-10-9-11-13-27/h9-17,19-21,23-25,31,33,40H,8,18,22H2,1-7H3,(H,39,48)(H,41,46)(H,42,47)(H,43,45)/t24-,25+,31+,33+/m1/s1. The summed E-state index contributed by atoms with van der Waals surface area (Å²) in [5.41, 5.74) is 2.03. The van der Waals surface area contributed by atoms with Crippen molar-refractivity contribution in [3.8, 4) is 0 Å². The minimum atomic E-state index is -3.74. The third kappa shape index (κ3) is 12.4. The Morgan fingerprint density at radius 1 is 0.804 bits per heavy atom. The fourth-order valence-electron chi connectivity index (χ4n) is 5.21. The van der Waals surface area contributed by atoms with Gasteiger partial charge in [-0.25, -0.2) is 8.42 Å². The lowest BCUT2D eigenvalue weighted by Gasteiger charge is -2.25. The highest BCUT2D eigenvalue weighted by Gasteiger charge is 2.27. The van der Waals surface area contributed by atoms with Crippen molar-refractivity contribution in [2.75, 3.05) is 30.7 Å². The van der Waals surface area contributed by atoms with Crippen LogP contribution in [0.25, 0.3) is 0 Å². The summed E-state index contributed by atoms with van der Waals surface area (Å²) in [6, 6.07) is 18.3. The van der Waals surface area contributed by atoms with E-state index >= 15 is 0 Å². The number of nitrogens with zero attached hydrogens (tertiary/aromatic N) is 1. The van der Waals surface area contributed by atoms with Crippen molar-refractivity contribution >= 4 is 50.9 Å². The molecule has 51 heavy (non-hydrogen) atoms. The lowest BCUT2D eigenvalue weighted by molar-refractivity contribution is -0.130. The average Bonchev–Trinajstić information content (AvgIpc) is 3.09. The Balaban J connectivity index is 1.88. The summed E-state index contributed by atoms with van der Waals surface area (Å²) >= 11 is 6.10. The van der Waals surface area contributed by atoms with Crippen molar-refractivity contribution in [3.05, 3.63) is 100 Å². The molecule has 0 aliphatic heterocycles. The number of benzene rings is 3. The van der Waals surface area contributed by atoms with Crippen molar-refractivity contribution in [2.24, 2.45) is 5.92 Å². The topological polar surface area (TPSA) is 166 Å². The monoisotopic (exact) mass is 740 g/mol. The fourth-order valence-corrected chi connectivity index (χ4v) is 5.82. The first-order valence-corrected chi connectivity index (χ1v) is 19.0. The lowest BCUT2D eigenvalue weighted by Crippen LogP contribution is -2.55. The molecule has 0 spiro atoms. The lowest BCUT2D eigenvalue weighted by atomic mass is 10.0. The SMILES string of the molecule is CCNC(=O)[C@@H](NC(=O)[C@H](C)NC[C@H](Cc1ccc(Cl)cc1)NC(=O)c1cc(C(=O)N[C@H](C)c2ccccc2)cc(N(C)S(C)(=O)=O)c1)C(C)C. The molecule has 0 radical (unpaired) electrons. The van der Waals surface area contributed by atoms with E-state index in [1.165, 1.54) is 25.2 Å². The van der Waals surface area contributed by atoms with Gasteiger partial charge in [0.05, 0.1) is 24.0 Å². The third-order valence-electron chi connectivity index (χ3n) is 8.34. The molecule has 4 atom stereocenters. The number of rotatable bonds is 17. The normalized spacial score (nSPS) is 13.7. The minimum Gasteiger partial charge on any atom is -0.355 e. The molecule has 0 saturated carbocycles. The molecule has 0 heterocycles. The Kier molecular flexibility index (Phi) is 15.0. The Morgan fingerprint density at radius 3 is 1.94 bits per heavy atom. The largest absolute Gasteiger partial charge is 0.355 e. The molecular formula is C37H49ClN6O6S. The van der Waals surface area contributed by atoms with Crippen molar-refractivity contribution in [2.45, 2.75) is 65.2 Å². The van der Waals surface area contributed by atoms with Gasteiger partial charge in [-0.05, 0) is 74.6 Å². The second-order valence-electron chi connectivity index (χ2n) is 12.9.